The van der Waals surface area contributed by atoms with E-state index in [1.165, 1.54) is 19.1 Å². The molecule has 0 saturated carbocycles. The molecule has 2 atom stereocenters. The lowest BCUT2D eigenvalue weighted by Gasteiger charge is -2.23. The predicted octanol–water partition coefficient (Wildman–Crippen LogP) is 2.32. The first kappa shape index (κ1) is 14.6. The van der Waals surface area contributed by atoms with E-state index in [0.29, 0.717) is 6.42 Å². The van der Waals surface area contributed by atoms with Crippen molar-refractivity contribution in [2.24, 2.45) is 0 Å². The molecule has 3 N–H and O–H groups in total. The van der Waals surface area contributed by atoms with Gasteiger partial charge in [0.15, 0.2) is 0 Å². The number of aromatic nitrogens is 1. The average Bonchev–Trinajstić information content (AvgIpc) is 2.84. The lowest BCUT2D eigenvalue weighted by atomic mass is 9.86. The van der Waals surface area contributed by atoms with Crippen LogP contribution in [0.2, 0.25) is 0 Å². The van der Waals surface area contributed by atoms with E-state index in [2.05, 4.69) is 10.3 Å². The Morgan fingerprint density at radius 1 is 1.45 bits per heavy atom. The van der Waals surface area contributed by atoms with Gasteiger partial charge >= 0.3 is 5.97 Å². The number of aryl methyl sites for hydroxylation is 1. The SMILES string of the molecule is CC(NC(=O)C1CCCc2c1[nH]c1ccc(F)cc21)C(=O)O. The topological polar surface area (TPSA) is 82.2 Å². The van der Waals surface area contributed by atoms with E-state index in [1.807, 2.05) is 0 Å². The number of benzene rings is 1. The number of hydrogen-bond donors (Lipinski definition) is 3. The number of H-pyrrole nitrogens is 1. The molecule has 1 aromatic carbocycles. The third kappa shape index (κ3) is 2.45. The third-order valence-corrected chi connectivity index (χ3v) is 4.21. The number of aromatic amines is 1. The summed E-state index contributed by atoms with van der Waals surface area (Å²) in [6.45, 7) is 1.44. The minimum atomic E-state index is -1.07. The Bertz CT molecular complexity index is 753. The van der Waals surface area contributed by atoms with Gasteiger partial charge in [-0.15, -0.1) is 0 Å². The quantitative estimate of drug-likeness (QED) is 0.814. The summed E-state index contributed by atoms with van der Waals surface area (Å²) in [5.41, 5.74) is 2.54. The molecule has 1 aromatic heterocycles. The highest BCUT2D eigenvalue weighted by molar-refractivity contribution is 5.92. The van der Waals surface area contributed by atoms with Gasteiger partial charge in [0.25, 0.3) is 0 Å². The fourth-order valence-electron chi connectivity index (χ4n) is 3.07. The maximum Gasteiger partial charge on any atom is 0.325 e. The lowest BCUT2D eigenvalue weighted by Crippen LogP contribution is -2.41. The first-order chi connectivity index (χ1) is 10.5. The van der Waals surface area contributed by atoms with Crippen molar-refractivity contribution in [3.05, 3.63) is 35.3 Å². The van der Waals surface area contributed by atoms with Gasteiger partial charge in [0.2, 0.25) is 5.91 Å². The predicted molar refractivity (Wildman–Crippen MR) is 79.2 cm³/mol. The monoisotopic (exact) mass is 304 g/mol. The highest BCUT2D eigenvalue weighted by atomic mass is 19.1. The van der Waals surface area contributed by atoms with Crippen molar-refractivity contribution in [3.63, 3.8) is 0 Å². The van der Waals surface area contributed by atoms with E-state index < -0.39 is 17.9 Å². The highest BCUT2D eigenvalue weighted by Crippen LogP contribution is 2.36. The zero-order valence-corrected chi connectivity index (χ0v) is 12.1. The molecule has 1 aliphatic carbocycles. The number of amides is 1. The summed E-state index contributed by atoms with van der Waals surface area (Å²) in [5.74, 6) is -2.09. The summed E-state index contributed by atoms with van der Waals surface area (Å²) in [5, 5.41) is 12.2. The number of fused-ring (bicyclic) bond motifs is 3. The van der Waals surface area contributed by atoms with E-state index in [1.54, 1.807) is 6.07 Å². The van der Waals surface area contributed by atoms with Crippen molar-refractivity contribution in [1.82, 2.24) is 10.3 Å². The van der Waals surface area contributed by atoms with Crippen LogP contribution in [0.15, 0.2) is 18.2 Å². The van der Waals surface area contributed by atoms with Crippen LogP contribution in [0.5, 0.6) is 0 Å². The molecule has 1 amide bonds. The molecule has 0 bridgehead atoms. The smallest absolute Gasteiger partial charge is 0.325 e. The first-order valence-electron chi connectivity index (χ1n) is 7.30. The van der Waals surface area contributed by atoms with Gasteiger partial charge in [-0.05, 0) is 49.9 Å². The molecule has 1 aliphatic rings. The zero-order chi connectivity index (χ0) is 15.9. The van der Waals surface area contributed by atoms with Crippen LogP contribution in [0.3, 0.4) is 0 Å². The summed E-state index contributed by atoms with van der Waals surface area (Å²) < 4.78 is 13.4. The van der Waals surface area contributed by atoms with Crippen LogP contribution in [-0.4, -0.2) is 28.0 Å². The zero-order valence-electron chi connectivity index (χ0n) is 12.1. The van der Waals surface area contributed by atoms with Gasteiger partial charge in [0, 0.05) is 16.6 Å². The average molecular weight is 304 g/mol. The van der Waals surface area contributed by atoms with Crippen LogP contribution in [-0.2, 0) is 16.0 Å². The Morgan fingerprint density at radius 2 is 2.23 bits per heavy atom. The number of halogens is 1. The second-order valence-electron chi connectivity index (χ2n) is 5.72. The Labute approximate surface area is 126 Å². The molecule has 2 aromatic rings. The van der Waals surface area contributed by atoms with Crippen molar-refractivity contribution in [2.75, 3.05) is 0 Å². The summed E-state index contributed by atoms with van der Waals surface area (Å²) >= 11 is 0. The molecule has 0 saturated heterocycles. The van der Waals surface area contributed by atoms with E-state index >= 15 is 0 Å². The van der Waals surface area contributed by atoms with Crippen molar-refractivity contribution < 1.29 is 19.1 Å². The Morgan fingerprint density at radius 3 is 2.95 bits per heavy atom. The number of carbonyl (C=O) groups is 2. The van der Waals surface area contributed by atoms with Gasteiger partial charge in [-0.3, -0.25) is 9.59 Å². The molecule has 22 heavy (non-hydrogen) atoms. The van der Waals surface area contributed by atoms with Crippen LogP contribution < -0.4 is 5.32 Å². The molecule has 0 radical (unpaired) electrons. The van der Waals surface area contributed by atoms with Crippen molar-refractivity contribution in [3.8, 4) is 0 Å². The lowest BCUT2D eigenvalue weighted by molar-refractivity contribution is -0.141. The van der Waals surface area contributed by atoms with Crippen LogP contribution in [0.4, 0.5) is 4.39 Å². The standard InChI is InChI=1S/C16H17FN2O3/c1-8(16(21)22)18-15(20)11-4-2-3-10-12-7-9(17)5-6-13(12)19-14(10)11/h5-8,11,19H,2-4H2,1H3,(H,18,20)(H,21,22). The van der Waals surface area contributed by atoms with E-state index in [0.717, 1.165) is 35.0 Å². The van der Waals surface area contributed by atoms with E-state index in [9.17, 15) is 14.0 Å². The molecule has 0 spiro atoms. The Kier molecular flexibility index (Phi) is 3.60. The van der Waals surface area contributed by atoms with Crippen LogP contribution in [0.1, 0.15) is 36.9 Å². The minimum Gasteiger partial charge on any atom is -0.480 e. The molecular weight excluding hydrogens is 287 g/mol. The maximum absolute atomic E-state index is 13.4. The normalized spacial score (nSPS) is 18.7. The molecule has 116 valence electrons. The van der Waals surface area contributed by atoms with Gasteiger partial charge in [0.05, 0.1) is 5.92 Å². The van der Waals surface area contributed by atoms with Gasteiger partial charge in [-0.25, -0.2) is 4.39 Å². The fraction of sp³-hybridized carbons (Fsp3) is 0.375. The maximum atomic E-state index is 13.4. The molecule has 0 aliphatic heterocycles. The highest BCUT2D eigenvalue weighted by Gasteiger charge is 2.31. The van der Waals surface area contributed by atoms with Crippen molar-refractivity contribution in [2.45, 2.75) is 38.1 Å². The Balaban J connectivity index is 1.96. The number of carboxylic acids is 1. The Hall–Kier alpha value is -2.37. The fourth-order valence-corrected chi connectivity index (χ4v) is 3.07. The van der Waals surface area contributed by atoms with Crippen molar-refractivity contribution >= 4 is 22.8 Å². The largest absolute Gasteiger partial charge is 0.480 e. The summed E-state index contributed by atoms with van der Waals surface area (Å²) in [4.78, 5) is 26.4. The molecule has 6 heteroatoms. The number of rotatable bonds is 3. The second kappa shape index (κ2) is 5.44. The molecule has 2 unspecified atom stereocenters. The molecule has 5 nitrogen and oxygen atoms in total. The molecule has 1 heterocycles. The number of hydrogen-bond acceptors (Lipinski definition) is 2. The summed E-state index contributed by atoms with van der Waals surface area (Å²) in [6.07, 6.45) is 2.26. The van der Waals surface area contributed by atoms with Crippen LogP contribution in [0, 0.1) is 5.82 Å². The summed E-state index contributed by atoms with van der Waals surface area (Å²) in [7, 11) is 0. The van der Waals surface area contributed by atoms with Gasteiger partial charge in [0.1, 0.15) is 11.9 Å². The van der Waals surface area contributed by atoms with Gasteiger partial charge in [-0.1, -0.05) is 0 Å². The second-order valence-corrected chi connectivity index (χ2v) is 5.72. The number of nitrogens with one attached hydrogen (secondary N) is 2. The summed E-state index contributed by atoms with van der Waals surface area (Å²) in [6, 6.07) is 3.59. The van der Waals surface area contributed by atoms with Crippen LogP contribution >= 0.6 is 0 Å². The van der Waals surface area contributed by atoms with E-state index in [-0.39, 0.29) is 11.7 Å². The number of carbonyl (C=O) groups excluding carboxylic acids is 1. The van der Waals surface area contributed by atoms with Gasteiger partial charge in [-0.2, -0.15) is 0 Å². The molecule has 3 rings (SSSR count). The third-order valence-electron chi connectivity index (χ3n) is 4.21. The first-order valence-corrected chi connectivity index (χ1v) is 7.30. The number of carboxylic acid groups (broad SMARTS) is 1. The van der Waals surface area contributed by atoms with Gasteiger partial charge < -0.3 is 15.4 Å². The van der Waals surface area contributed by atoms with Crippen molar-refractivity contribution in [1.29, 1.82) is 0 Å². The molecular formula is C16H17FN2O3. The molecule has 0 fully saturated rings. The minimum absolute atomic E-state index is 0.303. The van der Waals surface area contributed by atoms with E-state index in [4.69, 9.17) is 5.11 Å². The number of aliphatic carboxylic acids is 1. The van der Waals surface area contributed by atoms with Crippen LogP contribution in [0.25, 0.3) is 10.9 Å².